The Balaban J connectivity index is 1.66. The molecule has 0 radical (unpaired) electrons. The summed E-state index contributed by atoms with van der Waals surface area (Å²) in [5.41, 5.74) is 5.63. The number of rotatable bonds is 3. The van der Waals surface area contributed by atoms with Gasteiger partial charge in [0.05, 0.1) is 17.8 Å². The number of aryl methyl sites for hydroxylation is 1. The number of anilines is 1. The van der Waals surface area contributed by atoms with E-state index in [4.69, 9.17) is 5.73 Å². The van der Waals surface area contributed by atoms with Crippen LogP contribution in [0.15, 0.2) is 12.4 Å². The van der Waals surface area contributed by atoms with Gasteiger partial charge in [0.1, 0.15) is 5.01 Å². The van der Waals surface area contributed by atoms with E-state index in [0.29, 0.717) is 5.56 Å². The van der Waals surface area contributed by atoms with Crippen molar-refractivity contribution in [3.63, 3.8) is 0 Å². The van der Waals surface area contributed by atoms with Crippen LogP contribution in [0.4, 0.5) is 5.13 Å². The summed E-state index contributed by atoms with van der Waals surface area (Å²) in [5.74, 6) is -0.447. The molecule has 0 unspecified atom stereocenters. The summed E-state index contributed by atoms with van der Waals surface area (Å²) in [6.07, 6.45) is 3.19. The van der Waals surface area contributed by atoms with Crippen LogP contribution in [0.1, 0.15) is 21.4 Å². The molecule has 1 fully saturated rings. The van der Waals surface area contributed by atoms with Crippen LogP contribution in [0.2, 0.25) is 0 Å². The molecule has 1 aliphatic heterocycles. The van der Waals surface area contributed by atoms with Crippen LogP contribution >= 0.6 is 11.3 Å². The Morgan fingerprint density at radius 3 is 2.83 bits per heavy atom. The van der Waals surface area contributed by atoms with E-state index in [1.165, 1.54) is 6.20 Å². The largest absolute Gasteiger partial charge is 0.366 e. The molecule has 3 rings (SSSR count). The van der Waals surface area contributed by atoms with Crippen molar-refractivity contribution in [2.45, 2.75) is 13.0 Å². The average Bonchev–Trinajstić information content (AvgIpc) is 2.86. The van der Waals surface area contributed by atoms with E-state index >= 15 is 0 Å². The van der Waals surface area contributed by atoms with Gasteiger partial charge >= 0.3 is 0 Å². The van der Waals surface area contributed by atoms with E-state index in [1.807, 2.05) is 6.92 Å². The molecule has 8 heteroatoms. The minimum Gasteiger partial charge on any atom is -0.366 e. The lowest BCUT2D eigenvalue weighted by Gasteiger charge is -2.38. The fraction of sp³-hybridized carbons (Fsp3) is 0.400. The van der Waals surface area contributed by atoms with Crippen LogP contribution in [0.3, 0.4) is 0 Å². The number of carbonyl (C=O) groups excluding carboxylic acids is 1. The van der Waals surface area contributed by atoms with Crippen LogP contribution < -0.4 is 10.6 Å². The fourth-order valence-corrected chi connectivity index (χ4v) is 2.56. The Morgan fingerprint density at radius 1 is 1.50 bits per heavy atom. The van der Waals surface area contributed by atoms with Gasteiger partial charge in [0.15, 0.2) is 0 Å². The number of aromatic nitrogens is 4. The van der Waals surface area contributed by atoms with Crippen LogP contribution in [-0.4, -0.2) is 39.0 Å². The van der Waals surface area contributed by atoms with E-state index in [-0.39, 0.29) is 6.04 Å². The molecule has 94 valence electrons. The van der Waals surface area contributed by atoms with Crippen LogP contribution in [0.5, 0.6) is 0 Å². The molecular formula is C10H12N6OS. The molecule has 7 nitrogen and oxygen atoms in total. The quantitative estimate of drug-likeness (QED) is 0.855. The zero-order valence-corrected chi connectivity index (χ0v) is 10.6. The summed E-state index contributed by atoms with van der Waals surface area (Å²) in [6, 6.07) is 0.266. The Kier molecular flexibility index (Phi) is 2.51. The van der Waals surface area contributed by atoms with E-state index in [1.54, 1.807) is 22.2 Å². The Morgan fingerprint density at radius 2 is 2.28 bits per heavy atom. The van der Waals surface area contributed by atoms with Crippen molar-refractivity contribution >= 4 is 22.4 Å². The molecule has 1 aliphatic rings. The van der Waals surface area contributed by atoms with Gasteiger partial charge in [-0.15, -0.1) is 10.2 Å². The third-order valence-corrected chi connectivity index (χ3v) is 3.81. The van der Waals surface area contributed by atoms with Gasteiger partial charge in [0, 0.05) is 19.3 Å². The molecule has 2 aromatic heterocycles. The van der Waals surface area contributed by atoms with Gasteiger partial charge in [-0.3, -0.25) is 9.48 Å². The first-order valence-corrected chi connectivity index (χ1v) is 6.34. The third kappa shape index (κ3) is 1.84. The maximum absolute atomic E-state index is 11.0. The van der Waals surface area contributed by atoms with Crippen LogP contribution in [0, 0.1) is 6.92 Å². The Labute approximate surface area is 107 Å². The highest BCUT2D eigenvalue weighted by Crippen LogP contribution is 2.29. The van der Waals surface area contributed by atoms with E-state index in [0.717, 1.165) is 23.2 Å². The van der Waals surface area contributed by atoms with E-state index in [2.05, 4.69) is 20.2 Å². The molecule has 3 heterocycles. The van der Waals surface area contributed by atoms with Crippen molar-refractivity contribution in [1.29, 1.82) is 0 Å². The summed E-state index contributed by atoms with van der Waals surface area (Å²) in [7, 11) is 0. The molecule has 1 amide bonds. The molecule has 0 bridgehead atoms. The first-order chi connectivity index (χ1) is 8.63. The molecular weight excluding hydrogens is 252 g/mol. The normalized spacial score (nSPS) is 15.7. The molecule has 1 saturated heterocycles. The third-order valence-electron chi connectivity index (χ3n) is 2.91. The Hall–Kier alpha value is -1.96. The highest BCUT2D eigenvalue weighted by atomic mass is 32.1. The SMILES string of the molecule is Cc1nnc(N2CC(n3cc(C(N)=O)cn3)C2)s1. The molecule has 0 spiro atoms. The predicted molar refractivity (Wildman–Crippen MR) is 66.6 cm³/mol. The second-order valence-electron chi connectivity index (χ2n) is 4.24. The summed E-state index contributed by atoms with van der Waals surface area (Å²) >= 11 is 1.58. The lowest BCUT2D eigenvalue weighted by molar-refractivity contribution is 0.1000. The van der Waals surface area contributed by atoms with Crippen molar-refractivity contribution in [2.24, 2.45) is 5.73 Å². The van der Waals surface area contributed by atoms with Gasteiger partial charge in [0.2, 0.25) is 5.13 Å². The molecule has 0 saturated carbocycles. The van der Waals surface area contributed by atoms with Crippen molar-refractivity contribution in [3.05, 3.63) is 23.0 Å². The Bertz CT molecular complexity index is 585. The van der Waals surface area contributed by atoms with Gasteiger partial charge in [-0.25, -0.2) is 0 Å². The van der Waals surface area contributed by atoms with Crippen LogP contribution in [-0.2, 0) is 0 Å². The maximum atomic E-state index is 11.0. The second-order valence-corrected chi connectivity index (χ2v) is 5.40. The molecule has 0 aromatic carbocycles. The number of carbonyl (C=O) groups is 1. The highest BCUT2D eigenvalue weighted by Gasteiger charge is 2.31. The highest BCUT2D eigenvalue weighted by molar-refractivity contribution is 7.15. The second kappa shape index (κ2) is 4.05. The predicted octanol–water partition coefficient (Wildman–Crippen LogP) is 0.203. The van der Waals surface area contributed by atoms with Crippen molar-refractivity contribution in [2.75, 3.05) is 18.0 Å². The molecule has 18 heavy (non-hydrogen) atoms. The van der Waals surface area contributed by atoms with Gasteiger partial charge in [-0.05, 0) is 6.92 Å². The standard InChI is InChI=1S/C10H12N6OS/c1-6-13-14-10(18-6)15-4-8(5-15)16-3-7(2-12-16)9(11)17/h2-3,8H,4-5H2,1H3,(H2,11,17). The minimum absolute atomic E-state index is 0.266. The molecule has 0 aliphatic carbocycles. The first kappa shape index (κ1) is 11.1. The fourth-order valence-electron chi connectivity index (χ4n) is 1.86. The van der Waals surface area contributed by atoms with Gasteiger partial charge in [-0.2, -0.15) is 5.10 Å². The zero-order chi connectivity index (χ0) is 12.7. The van der Waals surface area contributed by atoms with Gasteiger partial charge in [0.25, 0.3) is 5.91 Å². The topological polar surface area (TPSA) is 89.9 Å². The monoisotopic (exact) mass is 264 g/mol. The number of nitrogens with two attached hydrogens (primary N) is 1. The number of amides is 1. The lowest BCUT2D eigenvalue weighted by atomic mass is 10.1. The molecule has 2 aromatic rings. The van der Waals surface area contributed by atoms with Crippen molar-refractivity contribution in [1.82, 2.24) is 20.0 Å². The van der Waals surface area contributed by atoms with Gasteiger partial charge in [-0.1, -0.05) is 11.3 Å². The first-order valence-electron chi connectivity index (χ1n) is 5.52. The zero-order valence-electron chi connectivity index (χ0n) is 9.78. The number of hydrogen-bond acceptors (Lipinski definition) is 6. The molecule has 2 N–H and O–H groups in total. The summed E-state index contributed by atoms with van der Waals surface area (Å²) < 4.78 is 1.78. The number of hydrogen-bond donors (Lipinski definition) is 1. The van der Waals surface area contributed by atoms with Crippen molar-refractivity contribution < 1.29 is 4.79 Å². The van der Waals surface area contributed by atoms with Crippen LogP contribution in [0.25, 0.3) is 0 Å². The maximum Gasteiger partial charge on any atom is 0.251 e. The summed E-state index contributed by atoms with van der Waals surface area (Å²) in [6.45, 7) is 3.59. The number of nitrogens with zero attached hydrogens (tertiary/aromatic N) is 5. The summed E-state index contributed by atoms with van der Waals surface area (Å²) in [5, 5.41) is 14.1. The minimum atomic E-state index is -0.447. The molecule has 0 atom stereocenters. The smallest absolute Gasteiger partial charge is 0.251 e. The van der Waals surface area contributed by atoms with E-state index in [9.17, 15) is 4.79 Å². The lowest BCUT2D eigenvalue weighted by Crippen LogP contribution is -2.48. The van der Waals surface area contributed by atoms with Gasteiger partial charge < -0.3 is 10.6 Å². The van der Waals surface area contributed by atoms with E-state index < -0.39 is 5.91 Å². The number of primary amides is 1. The average molecular weight is 264 g/mol. The summed E-state index contributed by atoms with van der Waals surface area (Å²) in [4.78, 5) is 13.1. The van der Waals surface area contributed by atoms with Crippen molar-refractivity contribution in [3.8, 4) is 0 Å².